The minimum absolute atomic E-state index is 0.0728. The second-order valence-corrected chi connectivity index (χ2v) is 18.9. The summed E-state index contributed by atoms with van der Waals surface area (Å²) in [5.74, 6) is 0.146. The molecule has 350 valence electrons. The van der Waals surface area contributed by atoms with Gasteiger partial charge in [0.15, 0.2) is 0 Å². The van der Waals surface area contributed by atoms with Crippen LogP contribution in [0.5, 0.6) is 0 Å². The maximum Gasteiger partial charge on any atom is 0.254 e. The standard InChI is InChI=1S/C56H104N2O2/c1-5-9-13-17-21-25-29-33-37-43-49-57(50-44-38-34-30-26-22-18-14-10-6-2)55(59)53-47-41-42-48-54(53)56(60)58(51-45-39-35-31-27-23-19-15-11-7-3)52-46-40-36-32-28-24-20-16-12-8-4/h41-42,47-48H,5-40,43-46,49-52H2,1-4H3. The summed E-state index contributed by atoms with van der Waals surface area (Å²) in [7, 11) is 0. The van der Waals surface area contributed by atoms with Gasteiger partial charge >= 0.3 is 0 Å². The van der Waals surface area contributed by atoms with Gasteiger partial charge in [0.2, 0.25) is 0 Å². The minimum atomic E-state index is 0.0728. The van der Waals surface area contributed by atoms with Crippen molar-refractivity contribution in [2.75, 3.05) is 26.2 Å². The van der Waals surface area contributed by atoms with Gasteiger partial charge < -0.3 is 9.80 Å². The molecule has 1 rings (SSSR count). The summed E-state index contributed by atoms with van der Waals surface area (Å²) in [6.07, 6.45) is 51.8. The number of carbonyl (C=O) groups excluding carboxylic acids is 2. The number of amides is 2. The highest BCUT2D eigenvalue weighted by Crippen LogP contribution is 2.20. The van der Waals surface area contributed by atoms with Gasteiger partial charge in [0.1, 0.15) is 0 Å². The van der Waals surface area contributed by atoms with E-state index in [1.165, 1.54) is 231 Å². The van der Waals surface area contributed by atoms with Crippen LogP contribution in [0.1, 0.15) is 305 Å². The number of benzene rings is 1. The lowest BCUT2D eigenvalue weighted by Gasteiger charge is -2.27. The average Bonchev–Trinajstić information content (AvgIpc) is 3.27. The summed E-state index contributed by atoms with van der Waals surface area (Å²) in [6.45, 7) is 12.4. The molecule has 4 nitrogen and oxygen atoms in total. The van der Waals surface area contributed by atoms with Crippen molar-refractivity contribution in [3.05, 3.63) is 35.4 Å². The summed E-state index contributed by atoms with van der Waals surface area (Å²) < 4.78 is 0. The molecule has 0 aliphatic carbocycles. The Morgan fingerprint density at radius 3 is 0.633 bits per heavy atom. The van der Waals surface area contributed by atoms with Gasteiger partial charge in [-0.15, -0.1) is 0 Å². The Labute approximate surface area is 376 Å². The van der Waals surface area contributed by atoms with Gasteiger partial charge in [-0.05, 0) is 37.8 Å². The third-order valence-electron chi connectivity index (χ3n) is 13.1. The third-order valence-corrected chi connectivity index (χ3v) is 13.1. The van der Waals surface area contributed by atoms with E-state index in [0.29, 0.717) is 11.1 Å². The number of hydrogen-bond acceptors (Lipinski definition) is 2. The molecule has 0 fully saturated rings. The molecule has 0 unspecified atom stereocenters. The fraction of sp³-hybridized carbons (Fsp3) is 0.857. The maximum atomic E-state index is 14.5. The molecule has 2 amide bonds. The van der Waals surface area contributed by atoms with Crippen LogP contribution in [0.15, 0.2) is 24.3 Å². The van der Waals surface area contributed by atoms with Crippen molar-refractivity contribution in [3.63, 3.8) is 0 Å². The van der Waals surface area contributed by atoms with Crippen LogP contribution in [0, 0.1) is 0 Å². The summed E-state index contributed by atoms with van der Waals surface area (Å²) >= 11 is 0. The van der Waals surface area contributed by atoms with Gasteiger partial charge in [-0.2, -0.15) is 0 Å². The van der Waals surface area contributed by atoms with E-state index in [9.17, 15) is 9.59 Å². The largest absolute Gasteiger partial charge is 0.339 e. The fourth-order valence-electron chi connectivity index (χ4n) is 8.99. The molecular formula is C56H104N2O2. The zero-order chi connectivity index (χ0) is 43.4. The Morgan fingerprint density at radius 1 is 0.283 bits per heavy atom. The number of hydrogen-bond donors (Lipinski definition) is 0. The minimum Gasteiger partial charge on any atom is -0.339 e. The second-order valence-electron chi connectivity index (χ2n) is 18.9. The first-order chi connectivity index (χ1) is 29.6. The highest BCUT2D eigenvalue weighted by molar-refractivity contribution is 6.07. The Bertz CT molecular complexity index is 940. The lowest BCUT2D eigenvalue weighted by molar-refractivity contribution is 0.0710. The van der Waals surface area contributed by atoms with Gasteiger partial charge in [0, 0.05) is 26.2 Å². The van der Waals surface area contributed by atoms with E-state index >= 15 is 0 Å². The molecule has 0 N–H and O–H groups in total. The summed E-state index contributed by atoms with van der Waals surface area (Å²) in [5.41, 5.74) is 1.25. The monoisotopic (exact) mass is 837 g/mol. The zero-order valence-electron chi connectivity index (χ0n) is 41.1. The molecule has 0 atom stereocenters. The molecule has 4 heteroatoms. The van der Waals surface area contributed by atoms with Crippen LogP contribution in [0.2, 0.25) is 0 Å². The van der Waals surface area contributed by atoms with Crippen LogP contribution in [0.4, 0.5) is 0 Å². The highest BCUT2D eigenvalue weighted by atomic mass is 16.2. The predicted molar refractivity (Wildman–Crippen MR) is 266 cm³/mol. The SMILES string of the molecule is CCCCCCCCCCCCN(CCCCCCCCCCCC)C(=O)c1ccccc1C(=O)N(CCCCCCCCCCCC)CCCCCCCCCCCC. The second kappa shape index (κ2) is 43.8. The molecule has 1 aromatic rings. The molecule has 0 saturated carbocycles. The Balaban J connectivity index is 2.90. The van der Waals surface area contributed by atoms with Crippen molar-refractivity contribution in [2.24, 2.45) is 0 Å². The van der Waals surface area contributed by atoms with Crippen LogP contribution in [-0.2, 0) is 0 Å². The summed E-state index contributed by atoms with van der Waals surface area (Å²) in [6, 6.07) is 7.83. The van der Waals surface area contributed by atoms with Gasteiger partial charge in [-0.3, -0.25) is 9.59 Å². The first-order valence-electron chi connectivity index (χ1n) is 27.3. The van der Waals surface area contributed by atoms with Gasteiger partial charge in [-0.1, -0.05) is 271 Å². The highest BCUT2D eigenvalue weighted by Gasteiger charge is 2.24. The van der Waals surface area contributed by atoms with E-state index in [-0.39, 0.29) is 11.8 Å². The molecule has 0 aliphatic heterocycles. The van der Waals surface area contributed by atoms with E-state index < -0.39 is 0 Å². The molecule has 60 heavy (non-hydrogen) atoms. The van der Waals surface area contributed by atoms with Crippen molar-refractivity contribution in [3.8, 4) is 0 Å². The third kappa shape index (κ3) is 31.9. The molecule has 0 heterocycles. The first kappa shape index (κ1) is 56.2. The molecule has 0 bridgehead atoms. The van der Waals surface area contributed by atoms with Crippen molar-refractivity contribution < 1.29 is 9.59 Å². The lowest BCUT2D eigenvalue weighted by atomic mass is 10.0. The van der Waals surface area contributed by atoms with Crippen LogP contribution in [0.25, 0.3) is 0 Å². The van der Waals surface area contributed by atoms with Crippen LogP contribution < -0.4 is 0 Å². The molecule has 0 aliphatic rings. The van der Waals surface area contributed by atoms with E-state index in [1.54, 1.807) is 0 Å². The van der Waals surface area contributed by atoms with Crippen molar-refractivity contribution in [1.29, 1.82) is 0 Å². The molecule has 0 aromatic heterocycles. The molecule has 0 radical (unpaired) electrons. The molecule has 1 aromatic carbocycles. The topological polar surface area (TPSA) is 40.6 Å². The predicted octanol–water partition coefficient (Wildman–Crippen LogP) is 18.3. The van der Waals surface area contributed by atoms with Gasteiger partial charge in [0.05, 0.1) is 11.1 Å². The molecule has 0 spiro atoms. The first-order valence-corrected chi connectivity index (χ1v) is 27.3. The lowest BCUT2D eigenvalue weighted by Crippen LogP contribution is -2.37. The average molecular weight is 837 g/mol. The number of carbonyl (C=O) groups is 2. The van der Waals surface area contributed by atoms with Crippen molar-refractivity contribution in [2.45, 2.75) is 285 Å². The quantitative estimate of drug-likeness (QED) is 0.0614. The Kier molecular flexibility index (Phi) is 41.0. The van der Waals surface area contributed by atoms with Crippen LogP contribution in [-0.4, -0.2) is 47.8 Å². The Morgan fingerprint density at radius 2 is 0.450 bits per heavy atom. The number of rotatable bonds is 46. The smallest absolute Gasteiger partial charge is 0.254 e. The van der Waals surface area contributed by atoms with E-state index in [2.05, 4.69) is 37.5 Å². The number of nitrogens with zero attached hydrogens (tertiary/aromatic N) is 2. The fourth-order valence-corrected chi connectivity index (χ4v) is 8.99. The maximum absolute atomic E-state index is 14.5. The number of unbranched alkanes of at least 4 members (excludes halogenated alkanes) is 36. The van der Waals surface area contributed by atoms with Crippen LogP contribution in [0.3, 0.4) is 0 Å². The van der Waals surface area contributed by atoms with Gasteiger partial charge in [-0.25, -0.2) is 0 Å². The molecular weight excluding hydrogens is 733 g/mol. The zero-order valence-corrected chi connectivity index (χ0v) is 41.1. The molecule has 0 saturated heterocycles. The Hall–Kier alpha value is -1.84. The van der Waals surface area contributed by atoms with Crippen molar-refractivity contribution in [1.82, 2.24) is 9.80 Å². The van der Waals surface area contributed by atoms with Gasteiger partial charge in [0.25, 0.3) is 11.8 Å². The van der Waals surface area contributed by atoms with Crippen LogP contribution >= 0.6 is 0 Å². The van der Waals surface area contributed by atoms with E-state index in [0.717, 1.165) is 51.9 Å². The van der Waals surface area contributed by atoms with E-state index in [1.807, 2.05) is 24.3 Å². The van der Waals surface area contributed by atoms with Crippen molar-refractivity contribution >= 4 is 11.8 Å². The summed E-state index contributed by atoms with van der Waals surface area (Å²) in [4.78, 5) is 33.3. The normalized spacial score (nSPS) is 11.4. The van der Waals surface area contributed by atoms with E-state index in [4.69, 9.17) is 0 Å². The summed E-state index contributed by atoms with van der Waals surface area (Å²) in [5, 5.41) is 0.